The van der Waals surface area contributed by atoms with Crippen molar-refractivity contribution >= 4 is 10.0 Å². The minimum atomic E-state index is -1.26. The lowest BCUT2D eigenvalue weighted by Crippen LogP contribution is -2.41. The van der Waals surface area contributed by atoms with Crippen LogP contribution in [-0.4, -0.2) is 35.3 Å². The van der Waals surface area contributed by atoms with Gasteiger partial charge >= 0.3 is 0 Å². The van der Waals surface area contributed by atoms with Gasteiger partial charge in [-0.15, -0.1) is 0 Å². The van der Waals surface area contributed by atoms with Crippen LogP contribution in [0.25, 0.3) is 0 Å². The lowest BCUT2D eigenvalue weighted by Gasteiger charge is -2.40. The van der Waals surface area contributed by atoms with E-state index in [0.717, 1.165) is 18.1 Å². The van der Waals surface area contributed by atoms with Gasteiger partial charge in [-0.2, -0.15) is 10.0 Å². The normalized spacial score (nSPS) is 27.7. The van der Waals surface area contributed by atoms with Crippen LogP contribution >= 0.6 is 10.0 Å². The predicted molar refractivity (Wildman–Crippen MR) is 111 cm³/mol. The van der Waals surface area contributed by atoms with Crippen molar-refractivity contribution in [3.05, 3.63) is 60.7 Å². The molecule has 0 unspecified atom stereocenters. The van der Waals surface area contributed by atoms with E-state index in [0.29, 0.717) is 6.04 Å². The van der Waals surface area contributed by atoms with Crippen LogP contribution in [0.1, 0.15) is 32.1 Å². The van der Waals surface area contributed by atoms with E-state index in [1.165, 1.54) is 35.5 Å². The van der Waals surface area contributed by atoms with Crippen molar-refractivity contribution < 1.29 is 5.11 Å². The minimum Gasteiger partial charge on any atom is -0.391 e. The molecule has 2 aromatic carbocycles. The van der Waals surface area contributed by atoms with Gasteiger partial charge in [0.25, 0.3) is 0 Å². The third-order valence-electron chi connectivity index (χ3n) is 6.39. The Kier molecular flexibility index (Phi) is 5.40. The maximum absolute atomic E-state index is 11.2. The number of aliphatic hydroxyl groups excluding tert-OH is 1. The van der Waals surface area contributed by atoms with Crippen molar-refractivity contribution in [2.24, 2.45) is 5.92 Å². The Morgan fingerprint density at radius 1 is 0.962 bits per heavy atom. The van der Waals surface area contributed by atoms with E-state index in [1.807, 2.05) is 0 Å². The molecule has 0 spiro atoms. The van der Waals surface area contributed by atoms with E-state index < -0.39 is 10.0 Å². The summed E-state index contributed by atoms with van der Waals surface area (Å²) in [6.07, 6.45) is 8.54. The van der Waals surface area contributed by atoms with Gasteiger partial charge in [0.2, 0.25) is 0 Å². The Morgan fingerprint density at radius 2 is 1.54 bits per heavy atom. The maximum atomic E-state index is 11.2. The van der Waals surface area contributed by atoms with Gasteiger partial charge in [-0.1, -0.05) is 49.2 Å². The average Bonchev–Trinajstić information content (AvgIpc) is 3.14. The number of aliphatic hydroxyl groups is 1. The molecule has 2 aromatic rings. The monoisotopic (exact) mass is 369 g/mol. The zero-order chi connectivity index (χ0) is 18.0. The minimum absolute atomic E-state index is 0.252. The summed E-state index contributed by atoms with van der Waals surface area (Å²) in [5, 5.41) is 15.0. The van der Waals surface area contributed by atoms with Crippen molar-refractivity contribution in [1.29, 1.82) is 0 Å². The Bertz CT molecular complexity index is 651. The first-order chi connectivity index (χ1) is 12.7. The Labute approximate surface area is 159 Å². The van der Waals surface area contributed by atoms with Crippen LogP contribution in [-0.2, 0) is 0 Å². The fraction of sp³-hybridized carbons (Fsp3) is 0.478. The smallest absolute Gasteiger partial charge is 0.0775 e. The summed E-state index contributed by atoms with van der Waals surface area (Å²) in [5.74, 6) is 1.61. The van der Waals surface area contributed by atoms with Crippen molar-refractivity contribution in [2.75, 3.05) is 12.0 Å². The Hall–Kier alpha value is -1.29. The van der Waals surface area contributed by atoms with Crippen LogP contribution in [0.3, 0.4) is 0 Å². The van der Waals surface area contributed by atoms with Gasteiger partial charge in [0, 0.05) is 17.8 Å². The second kappa shape index (κ2) is 7.75. The lowest BCUT2D eigenvalue weighted by atomic mass is 9.85. The summed E-state index contributed by atoms with van der Waals surface area (Å²) in [6.45, 7) is 0. The molecule has 3 heteroatoms. The summed E-state index contributed by atoms with van der Waals surface area (Å²) in [4.78, 5) is 2.72. The van der Waals surface area contributed by atoms with Crippen LogP contribution < -0.4 is 5.32 Å². The van der Waals surface area contributed by atoms with Gasteiger partial charge in [0.05, 0.1) is 6.10 Å². The quantitative estimate of drug-likeness (QED) is 0.792. The topological polar surface area (TPSA) is 32.3 Å². The van der Waals surface area contributed by atoms with E-state index in [-0.39, 0.29) is 12.1 Å². The lowest BCUT2D eigenvalue weighted by molar-refractivity contribution is 0.155. The second-order valence-electron chi connectivity index (χ2n) is 8.11. The molecule has 26 heavy (non-hydrogen) atoms. The molecule has 140 valence electrons. The van der Waals surface area contributed by atoms with E-state index in [1.54, 1.807) is 0 Å². The molecule has 1 saturated carbocycles. The molecule has 2 aliphatic rings. The molecule has 4 atom stereocenters. The molecular weight excluding hydrogens is 338 g/mol. The highest BCUT2D eigenvalue weighted by Gasteiger charge is 2.39. The number of hydrogen-bond donors (Lipinski definition) is 2. The van der Waals surface area contributed by atoms with Crippen LogP contribution in [0.5, 0.6) is 0 Å². The van der Waals surface area contributed by atoms with E-state index in [9.17, 15) is 5.11 Å². The van der Waals surface area contributed by atoms with Crippen molar-refractivity contribution in [3.8, 4) is 0 Å². The zero-order valence-electron chi connectivity index (χ0n) is 15.7. The third-order valence-corrected chi connectivity index (χ3v) is 10.0. The van der Waals surface area contributed by atoms with Gasteiger partial charge in [0.15, 0.2) is 0 Å². The van der Waals surface area contributed by atoms with Crippen molar-refractivity contribution in [2.45, 2.75) is 60.1 Å². The van der Waals surface area contributed by atoms with Gasteiger partial charge in [-0.25, -0.2) is 0 Å². The highest BCUT2D eigenvalue weighted by molar-refractivity contribution is 8.33. The first-order valence-electron chi connectivity index (χ1n) is 9.97. The second-order valence-corrected chi connectivity index (χ2v) is 11.6. The van der Waals surface area contributed by atoms with Crippen LogP contribution in [0.4, 0.5) is 0 Å². The fourth-order valence-corrected chi connectivity index (χ4v) is 7.96. The summed E-state index contributed by atoms with van der Waals surface area (Å²) in [7, 11) is -1.26. The molecule has 1 saturated heterocycles. The van der Waals surface area contributed by atoms with Gasteiger partial charge < -0.3 is 10.4 Å². The SMILES string of the molecule is CS(C[C@@H](O)[C@@H]1C[C@@H]2CCCC[C@@H]2N1)(c1ccccc1)c1ccccc1. The number of benzene rings is 2. The van der Waals surface area contributed by atoms with Crippen molar-refractivity contribution in [1.82, 2.24) is 5.32 Å². The highest BCUT2D eigenvalue weighted by Crippen LogP contribution is 2.60. The average molecular weight is 370 g/mol. The summed E-state index contributed by atoms with van der Waals surface area (Å²) < 4.78 is 0. The van der Waals surface area contributed by atoms with Gasteiger partial charge in [0.1, 0.15) is 0 Å². The molecule has 0 amide bonds. The van der Waals surface area contributed by atoms with Gasteiger partial charge in [-0.05, 0) is 65.5 Å². The fourth-order valence-electron chi connectivity index (χ4n) is 4.87. The Morgan fingerprint density at radius 3 is 2.12 bits per heavy atom. The maximum Gasteiger partial charge on any atom is 0.0775 e. The number of nitrogens with one attached hydrogen (secondary N) is 1. The molecule has 1 aliphatic carbocycles. The number of rotatable bonds is 5. The standard InChI is InChI=1S/C23H31NOS/c1-26(19-11-4-2-5-12-19,20-13-6-3-7-14-20)17-23(25)22-16-18-10-8-9-15-21(18)24-22/h2-7,11-14,18,21-25H,8-10,15-17H2,1H3/t18-,21-,22-,23+/m0/s1. The largest absolute Gasteiger partial charge is 0.391 e. The van der Waals surface area contributed by atoms with Crippen LogP contribution in [0.2, 0.25) is 0 Å². The molecular formula is C23H31NOS. The summed E-state index contributed by atoms with van der Waals surface area (Å²) >= 11 is 0. The molecule has 2 N–H and O–H groups in total. The number of hydrogen-bond acceptors (Lipinski definition) is 2. The molecule has 4 rings (SSSR count). The Balaban J connectivity index is 1.57. The van der Waals surface area contributed by atoms with Crippen molar-refractivity contribution in [3.63, 3.8) is 0 Å². The molecule has 0 aromatic heterocycles. The van der Waals surface area contributed by atoms with E-state index in [2.05, 4.69) is 72.2 Å². The van der Waals surface area contributed by atoms with Crippen LogP contribution in [0, 0.1) is 5.92 Å². The molecule has 0 bridgehead atoms. The zero-order valence-corrected chi connectivity index (χ0v) is 16.5. The predicted octanol–water partition coefficient (Wildman–Crippen LogP) is 4.82. The first kappa shape index (κ1) is 18.1. The molecule has 2 fully saturated rings. The molecule has 0 radical (unpaired) electrons. The van der Waals surface area contributed by atoms with Crippen LogP contribution in [0.15, 0.2) is 70.5 Å². The highest BCUT2D eigenvalue weighted by atomic mass is 32.3. The summed E-state index contributed by atoms with van der Waals surface area (Å²) in [5.41, 5.74) is 0. The number of fused-ring (bicyclic) bond motifs is 1. The molecule has 1 aliphatic heterocycles. The molecule has 2 nitrogen and oxygen atoms in total. The first-order valence-corrected chi connectivity index (χ1v) is 12.2. The van der Waals surface area contributed by atoms with E-state index >= 15 is 0 Å². The molecule has 1 heterocycles. The summed E-state index contributed by atoms with van der Waals surface area (Å²) in [6, 6.07) is 22.5. The van der Waals surface area contributed by atoms with Gasteiger partial charge in [-0.3, -0.25) is 0 Å². The van der Waals surface area contributed by atoms with E-state index in [4.69, 9.17) is 0 Å². The third kappa shape index (κ3) is 3.58.